The van der Waals surface area contributed by atoms with Crippen molar-refractivity contribution < 1.29 is 9.47 Å². The Balaban J connectivity index is 1.55. The van der Waals surface area contributed by atoms with E-state index in [0.717, 1.165) is 25.4 Å². The van der Waals surface area contributed by atoms with Crippen molar-refractivity contribution in [3.63, 3.8) is 0 Å². The van der Waals surface area contributed by atoms with E-state index in [9.17, 15) is 0 Å². The number of methoxy groups -OCH3 is 1. The average Bonchev–Trinajstić information content (AvgIpc) is 3.37. The summed E-state index contributed by atoms with van der Waals surface area (Å²) in [6, 6.07) is 19.1. The molecule has 4 heteroatoms. The highest BCUT2D eigenvalue weighted by Gasteiger charge is 2.10. The van der Waals surface area contributed by atoms with Gasteiger partial charge in [0.15, 0.2) is 0 Å². The molecular formula is C29H33NO2S. The molecule has 0 atom stereocenters. The van der Waals surface area contributed by atoms with Gasteiger partial charge in [-0.3, -0.25) is 4.90 Å². The van der Waals surface area contributed by atoms with Gasteiger partial charge < -0.3 is 9.47 Å². The number of hydrogen-bond acceptors (Lipinski definition) is 4. The molecule has 0 radical (unpaired) electrons. The van der Waals surface area contributed by atoms with Crippen molar-refractivity contribution in [1.29, 1.82) is 0 Å². The Morgan fingerprint density at radius 1 is 1.03 bits per heavy atom. The van der Waals surface area contributed by atoms with E-state index in [0.29, 0.717) is 6.61 Å². The number of rotatable bonds is 10. The molecule has 1 aromatic heterocycles. The van der Waals surface area contributed by atoms with Crippen molar-refractivity contribution in [3.8, 4) is 28.7 Å². The van der Waals surface area contributed by atoms with Crippen LogP contribution in [0.1, 0.15) is 31.9 Å². The van der Waals surface area contributed by atoms with E-state index in [-0.39, 0.29) is 0 Å². The van der Waals surface area contributed by atoms with Crippen LogP contribution in [-0.4, -0.2) is 30.7 Å². The maximum atomic E-state index is 6.10. The van der Waals surface area contributed by atoms with Gasteiger partial charge in [-0.25, -0.2) is 0 Å². The quantitative estimate of drug-likeness (QED) is 0.311. The molecule has 0 fully saturated rings. The molecule has 0 bridgehead atoms. The molecule has 172 valence electrons. The standard InChI is InChI=1S/C29H33NO2S/c1-5-30(17-8-6-7-16-29(2,3)31-4)21-24-11-9-12-25(19-24)22-32-28-14-10-13-26(20-28)27-15-18-33-23-27/h6,8-15,18-20,23H,5,17,21-22H2,1-4H3/b8-6+. The molecule has 3 nitrogen and oxygen atoms in total. The Bertz CT molecular complexity index is 1090. The lowest BCUT2D eigenvalue weighted by Crippen LogP contribution is -2.23. The van der Waals surface area contributed by atoms with E-state index >= 15 is 0 Å². The van der Waals surface area contributed by atoms with Crippen LogP contribution in [0.15, 0.2) is 77.5 Å². The van der Waals surface area contributed by atoms with Crippen LogP contribution in [0.5, 0.6) is 5.75 Å². The van der Waals surface area contributed by atoms with Gasteiger partial charge in [0, 0.05) is 20.2 Å². The average molecular weight is 460 g/mol. The van der Waals surface area contributed by atoms with Crippen LogP contribution in [0.2, 0.25) is 0 Å². The van der Waals surface area contributed by atoms with Gasteiger partial charge in [-0.1, -0.05) is 61.2 Å². The number of hydrogen-bond donors (Lipinski definition) is 0. The van der Waals surface area contributed by atoms with E-state index < -0.39 is 5.60 Å². The first-order chi connectivity index (χ1) is 16.0. The molecule has 0 spiro atoms. The van der Waals surface area contributed by atoms with E-state index in [1.165, 1.54) is 22.3 Å². The molecular weight excluding hydrogens is 426 g/mol. The van der Waals surface area contributed by atoms with Crippen LogP contribution in [-0.2, 0) is 17.9 Å². The van der Waals surface area contributed by atoms with Gasteiger partial charge in [-0.15, -0.1) is 0 Å². The number of ether oxygens (including phenoxy) is 2. The molecule has 2 aromatic carbocycles. The van der Waals surface area contributed by atoms with Crippen LogP contribution in [0.4, 0.5) is 0 Å². The molecule has 0 aliphatic carbocycles. The van der Waals surface area contributed by atoms with Crippen molar-refractivity contribution in [2.24, 2.45) is 0 Å². The highest BCUT2D eigenvalue weighted by molar-refractivity contribution is 7.08. The summed E-state index contributed by atoms with van der Waals surface area (Å²) in [4.78, 5) is 2.38. The first-order valence-electron chi connectivity index (χ1n) is 11.3. The Hall–Kier alpha value is -2.84. The minimum absolute atomic E-state index is 0.414. The summed E-state index contributed by atoms with van der Waals surface area (Å²) in [6.45, 7) is 9.37. The highest BCUT2D eigenvalue weighted by Crippen LogP contribution is 2.26. The molecule has 0 aliphatic heterocycles. The van der Waals surface area contributed by atoms with Crippen molar-refractivity contribution in [3.05, 3.63) is 88.6 Å². The fraction of sp³-hybridized carbons (Fsp3) is 0.310. The number of nitrogens with zero attached hydrogens (tertiary/aromatic N) is 1. The molecule has 0 N–H and O–H groups in total. The van der Waals surface area contributed by atoms with Crippen LogP contribution < -0.4 is 4.74 Å². The van der Waals surface area contributed by atoms with Gasteiger partial charge >= 0.3 is 0 Å². The maximum absolute atomic E-state index is 6.10. The van der Waals surface area contributed by atoms with Crippen molar-refractivity contribution in [1.82, 2.24) is 4.90 Å². The third kappa shape index (κ3) is 8.22. The van der Waals surface area contributed by atoms with Gasteiger partial charge in [0.2, 0.25) is 0 Å². The van der Waals surface area contributed by atoms with E-state index in [2.05, 4.69) is 83.0 Å². The van der Waals surface area contributed by atoms with Crippen LogP contribution in [0.3, 0.4) is 0 Å². The zero-order valence-corrected chi connectivity index (χ0v) is 20.8. The fourth-order valence-electron chi connectivity index (χ4n) is 3.27. The van der Waals surface area contributed by atoms with Gasteiger partial charge in [-0.2, -0.15) is 11.3 Å². The van der Waals surface area contributed by atoms with Gasteiger partial charge in [-0.05, 0) is 77.7 Å². The summed E-state index contributed by atoms with van der Waals surface area (Å²) in [7, 11) is 1.68. The Morgan fingerprint density at radius 2 is 1.85 bits per heavy atom. The summed E-state index contributed by atoms with van der Waals surface area (Å²) in [6.07, 6.45) is 4.02. The number of likely N-dealkylation sites (N-methyl/N-ethyl adjacent to an activating group) is 1. The van der Waals surface area contributed by atoms with Crippen LogP contribution >= 0.6 is 11.3 Å². The van der Waals surface area contributed by atoms with Crippen molar-refractivity contribution in [2.45, 2.75) is 39.5 Å². The zero-order valence-electron chi connectivity index (χ0n) is 20.0. The second-order valence-electron chi connectivity index (χ2n) is 8.36. The molecule has 3 aromatic rings. The van der Waals surface area contributed by atoms with Crippen LogP contribution in [0, 0.1) is 11.8 Å². The fourth-order valence-corrected chi connectivity index (χ4v) is 3.93. The largest absolute Gasteiger partial charge is 0.489 e. The molecule has 0 aliphatic rings. The molecule has 0 saturated heterocycles. The van der Waals surface area contributed by atoms with Gasteiger partial charge in [0.05, 0.1) is 0 Å². The molecule has 3 rings (SSSR count). The summed E-state index contributed by atoms with van der Waals surface area (Å²) >= 11 is 1.71. The van der Waals surface area contributed by atoms with Gasteiger partial charge in [0.1, 0.15) is 18.0 Å². The van der Waals surface area contributed by atoms with Crippen LogP contribution in [0.25, 0.3) is 11.1 Å². The number of thiophene rings is 1. The smallest absolute Gasteiger partial charge is 0.123 e. The minimum Gasteiger partial charge on any atom is -0.489 e. The Morgan fingerprint density at radius 3 is 2.61 bits per heavy atom. The monoisotopic (exact) mass is 459 g/mol. The lowest BCUT2D eigenvalue weighted by Gasteiger charge is -2.19. The second kappa shape index (κ2) is 12.4. The first-order valence-corrected chi connectivity index (χ1v) is 12.2. The summed E-state index contributed by atoms with van der Waals surface area (Å²) in [5, 5.41) is 4.25. The van der Waals surface area contributed by atoms with Crippen molar-refractivity contribution in [2.75, 3.05) is 20.2 Å². The maximum Gasteiger partial charge on any atom is 0.123 e. The summed E-state index contributed by atoms with van der Waals surface area (Å²) in [5.41, 5.74) is 4.46. The topological polar surface area (TPSA) is 21.7 Å². The molecule has 33 heavy (non-hydrogen) atoms. The number of allylic oxidation sites excluding steroid dienone is 1. The molecule has 0 saturated carbocycles. The predicted octanol–water partition coefficient (Wildman–Crippen LogP) is 6.80. The Kier molecular flexibility index (Phi) is 9.33. The zero-order chi connectivity index (χ0) is 23.5. The Labute approximate surface area is 202 Å². The minimum atomic E-state index is -0.414. The van der Waals surface area contributed by atoms with E-state index in [1.807, 2.05) is 32.1 Å². The molecule has 0 unspecified atom stereocenters. The third-order valence-electron chi connectivity index (χ3n) is 5.39. The normalized spacial score (nSPS) is 11.5. The number of benzene rings is 2. The first kappa shape index (κ1) is 24.8. The van der Waals surface area contributed by atoms with E-state index in [1.54, 1.807) is 18.4 Å². The SMILES string of the molecule is CCN(C/C=C/C#CC(C)(C)OC)Cc1cccc(COc2cccc(-c3ccsc3)c2)c1. The summed E-state index contributed by atoms with van der Waals surface area (Å²) < 4.78 is 11.4. The third-order valence-corrected chi connectivity index (χ3v) is 6.07. The summed E-state index contributed by atoms with van der Waals surface area (Å²) in [5.74, 6) is 7.07. The molecule has 1 heterocycles. The molecule has 0 amide bonds. The second-order valence-corrected chi connectivity index (χ2v) is 9.14. The lowest BCUT2D eigenvalue weighted by atomic mass is 10.1. The lowest BCUT2D eigenvalue weighted by molar-refractivity contribution is 0.0742. The van der Waals surface area contributed by atoms with Crippen molar-refractivity contribution >= 4 is 11.3 Å². The highest BCUT2D eigenvalue weighted by atomic mass is 32.1. The van der Waals surface area contributed by atoms with E-state index in [4.69, 9.17) is 9.47 Å². The van der Waals surface area contributed by atoms with Gasteiger partial charge in [0.25, 0.3) is 0 Å². The predicted molar refractivity (Wildman–Crippen MR) is 139 cm³/mol.